The maximum atomic E-state index is 12.8. The van der Waals surface area contributed by atoms with Gasteiger partial charge in [0, 0.05) is 6.54 Å². The quantitative estimate of drug-likeness (QED) is 0.825. The molecule has 1 aromatic heterocycles. The van der Waals surface area contributed by atoms with E-state index in [1.54, 1.807) is 0 Å². The Morgan fingerprint density at radius 2 is 2.19 bits per heavy atom. The summed E-state index contributed by atoms with van der Waals surface area (Å²) >= 11 is 6.85. The molecule has 2 rings (SSSR count). The van der Waals surface area contributed by atoms with Crippen LogP contribution in [0.4, 0.5) is 9.52 Å². The molecule has 21 heavy (non-hydrogen) atoms. The number of nitrogens with zero attached hydrogens (tertiary/aromatic N) is 1. The fourth-order valence-electron chi connectivity index (χ4n) is 1.58. The molecule has 0 aliphatic rings. The zero-order chi connectivity index (χ0) is 15.4. The summed E-state index contributed by atoms with van der Waals surface area (Å²) < 4.78 is 17.4. The second kappa shape index (κ2) is 6.84. The monoisotopic (exact) mass is 330 g/mol. The summed E-state index contributed by atoms with van der Waals surface area (Å²) in [4.78, 5) is 15.5. The van der Waals surface area contributed by atoms with Crippen LogP contribution in [-0.2, 0) is 4.74 Å². The first-order valence-electron chi connectivity index (χ1n) is 5.93. The van der Waals surface area contributed by atoms with Crippen molar-refractivity contribution in [2.24, 2.45) is 0 Å². The van der Waals surface area contributed by atoms with E-state index in [1.165, 1.54) is 31.4 Å². The van der Waals surface area contributed by atoms with Crippen LogP contribution in [0.2, 0.25) is 5.15 Å². The maximum absolute atomic E-state index is 12.8. The Kier molecular flexibility index (Phi) is 5.11. The van der Waals surface area contributed by atoms with Crippen LogP contribution in [0.5, 0.6) is 0 Å². The van der Waals surface area contributed by atoms with Crippen molar-refractivity contribution >= 4 is 34.0 Å². The predicted octanol–water partition coefficient (Wildman–Crippen LogP) is 2.87. The number of nitrogens with one attached hydrogen (secondary N) is 1. The van der Waals surface area contributed by atoms with E-state index in [9.17, 15) is 14.3 Å². The maximum Gasteiger partial charge on any atom is 0.351 e. The molecule has 112 valence electrons. The summed E-state index contributed by atoms with van der Waals surface area (Å²) in [6.45, 7) is 0.149. The van der Waals surface area contributed by atoms with Crippen LogP contribution in [0.25, 0.3) is 0 Å². The van der Waals surface area contributed by atoms with E-state index in [0.29, 0.717) is 10.7 Å². The third-order valence-electron chi connectivity index (χ3n) is 2.66. The minimum Gasteiger partial charge on any atom is -0.465 e. The number of carbonyl (C=O) groups is 1. The van der Waals surface area contributed by atoms with Crippen LogP contribution in [0.1, 0.15) is 21.3 Å². The highest BCUT2D eigenvalue weighted by atomic mass is 35.5. The Labute approximate surface area is 129 Å². The molecule has 0 spiro atoms. The van der Waals surface area contributed by atoms with Crippen molar-refractivity contribution in [3.63, 3.8) is 0 Å². The third kappa shape index (κ3) is 3.90. The first-order valence-corrected chi connectivity index (χ1v) is 7.12. The Balaban J connectivity index is 1.99. The highest BCUT2D eigenvalue weighted by Gasteiger charge is 2.17. The molecule has 0 saturated carbocycles. The lowest BCUT2D eigenvalue weighted by Crippen LogP contribution is -2.11. The average Bonchev–Trinajstić information content (AvgIpc) is 2.86. The van der Waals surface area contributed by atoms with Crippen LogP contribution in [0.3, 0.4) is 0 Å². The normalized spacial score (nSPS) is 12.0. The van der Waals surface area contributed by atoms with E-state index >= 15 is 0 Å². The van der Waals surface area contributed by atoms with Crippen molar-refractivity contribution in [3.05, 3.63) is 45.7 Å². The molecule has 0 aliphatic carbocycles. The number of esters is 1. The number of halogens is 2. The molecule has 0 radical (unpaired) electrons. The van der Waals surface area contributed by atoms with Crippen molar-refractivity contribution in [2.45, 2.75) is 6.10 Å². The van der Waals surface area contributed by atoms with Crippen molar-refractivity contribution in [1.29, 1.82) is 0 Å². The third-order valence-corrected chi connectivity index (χ3v) is 4.04. The van der Waals surface area contributed by atoms with Crippen LogP contribution in [0, 0.1) is 5.82 Å². The number of hydrogen-bond acceptors (Lipinski definition) is 6. The van der Waals surface area contributed by atoms with Gasteiger partial charge in [-0.05, 0) is 17.7 Å². The molecule has 0 saturated heterocycles. The topological polar surface area (TPSA) is 71.5 Å². The van der Waals surface area contributed by atoms with Crippen molar-refractivity contribution in [3.8, 4) is 0 Å². The van der Waals surface area contributed by atoms with E-state index in [0.717, 1.165) is 11.3 Å². The SMILES string of the molecule is COC(=O)c1sc(NCC(O)c2ccc(F)cc2)nc1Cl. The zero-order valence-electron chi connectivity index (χ0n) is 11.0. The highest BCUT2D eigenvalue weighted by Crippen LogP contribution is 2.28. The Morgan fingerprint density at radius 3 is 2.81 bits per heavy atom. The van der Waals surface area contributed by atoms with Gasteiger partial charge < -0.3 is 15.2 Å². The van der Waals surface area contributed by atoms with E-state index in [2.05, 4.69) is 15.0 Å². The summed E-state index contributed by atoms with van der Waals surface area (Å²) in [7, 11) is 1.25. The van der Waals surface area contributed by atoms with E-state index in [-0.39, 0.29) is 22.4 Å². The zero-order valence-corrected chi connectivity index (χ0v) is 12.5. The van der Waals surface area contributed by atoms with Crippen molar-refractivity contribution in [1.82, 2.24) is 4.98 Å². The molecule has 0 bridgehead atoms. The first kappa shape index (κ1) is 15.7. The molecule has 2 N–H and O–H groups in total. The fourth-order valence-corrected chi connectivity index (χ4v) is 2.69. The van der Waals surface area contributed by atoms with Crippen molar-refractivity contribution in [2.75, 3.05) is 19.0 Å². The Morgan fingerprint density at radius 1 is 1.52 bits per heavy atom. The minimum absolute atomic E-state index is 0.0469. The minimum atomic E-state index is -0.838. The number of methoxy groups -OCH3 is 1. The van der Waals surface area contributed by atoms with Gasteiger partial charge in [-0.25, -0.2) is 14.2 Å². The summed E-state index contributed by atoms with van der Waals surface area (Å²) in [5.74, 6) is -0.932. The fraction of sp³-hybridized carbons (Fsp3) is 0.231. The van der Waals surface area contributed by atoms with Gasteiger partial charge in [0.2, 0.25) is 0 Å². The highest BCUT2D eigenvalue weighted by molar-refractivity contribution is 7.18. The molecule has 2 aromatic rings. The predicted molar refractivity (Wildman–Crippen MR) is 78.3 cm³/mol. The molecule has 1 atom stereocenters. The van der Waals surface area contributed by atoms with Gasteiger partial charge in [0.25, 0.3) is 0 Å². The van der Waals surface area contributed by atoms with Crippen molar-refractivity contribution < 1.29 is 19.0 Å². The lowest BCUT2D eigenvalue weighted by Gasteiger charge is -2.11. The summed E-state index contributed by atoms with van der Waals surface area (Å²) in [5, 5.41) is 13.3. The lowest BCUT2D eigenvalue weighted by molar-refractivity contribution is 0.0606. The Bertz CT molecular complexity index is 633. The number of carbonyl (C=O) groups excluding carboxylic acids is 1. The van der Waals surface area contributed by atoms with Crippen LogP contribution in [0.15, 0.2) is 24.3 Å². The number of thiazole rings is 1. The van der Waals surface area contributed by atoms with Crippen LogP contribution in [-0.4, -0.2) is 29.7 Å². The largest absolute Gasteiger partial charge is 0.465 e. The van der Waals surface area contributed by atoms with Crippen LogP contribution < -0.4 is 5.32 Å². The lowest BCUT2D eigenvalue weighted by atomic mass is 10.1. The molecule has 8 heteroatoms. The average molecular weight is 331 g/mol. The molecule has 1 unspecified atom stereocenters. The van der Waals surface area contributed by atoms with Gasteiger partial charge in [-0.2, -0.15) is 0 Å². The number of ether oxygens (including phenoxy) is 1. The van der Waals surface area contributed by atoms with E-state index < -0.39 is 12.1 Å². The summed E-state index contributed by atoms with van der Waals surface area (Å²) in [5.41, 5.74) is 0.569. The molecular weight excluding hydrogens is 319 g/mol. The number of aliphatic hydroxyl groups is 1. The number of anilines is 1. The molecule has 5 nitrogen and oxygen atoms in total. The molecule has 0 amide bonds. The summed E-state index contributed by atoms with van der Waals surface area (Å²) in [6, 6.07) is 5.54. The second-order valence-electron chi connectivity index (χ2n) is 4.08. The molecular formula is C13H12ClFN2O3S. The van der Waals surface area contributed by atoms with Gasteiger partial charge in [0.1, 0.15) is 5.82 Å². The van der Waals surface area contributed by atoms with Gasteiger partial charge in [-0.3, -0.25) is 0 Å². The van der Waals surface area contributed by atoms with Crippen LogP contribution >= 0.6 is 22.9 Å². The van der Waals surface area contributed by atoms with Gasteiger partial charge >= 0.3 is 5.97 Å². The van der Waals surface area contributed by atoms with E-state index in [1.807, 2.05) is 0 Å². The van der Waals surface area contributed by atoms with Gasteiger partial charge in [-0.1, -0.05) is 35.1 Å². The number of aliphatic hydroxyl groups excluding tert-OH is 1. The summed E-state index contributed by atoms with van der Waals surface area (Å²) in [6.07, 6.45) is -0.838. The van der Waals surface area contributed by atoms with Gasteiger partial charge in [-0.15, -0.1) is 0 Å². The number of hydrogen-bond donors (Lipinski definition) is 2. The molecule has 1 heterocycles. The smallest absolute Gasteiger partial charge is 0.351 e. The molecule has 0 aliphatic heterocycles. The number of rotatable bonds is 5. The second-order valence-corrected chi connectivity index (χ2v) is 5.44. The molecule has 1 aromatic carbocycles. The van der Waals surface area contributed by atoms with Gasteiger partial charge in [0.05, 0.1) is 13.2 Å². The van der Waals surface area contributed by atoms with E-state index in [4.69, 9.17) is 11.6 Å². The number of benzene rings is 1. The van der Waals surface area contributed by atoms with Gasteiger partial charge in [0.15, 0.2) is 15.2 Å². The first-order chi connectivity index (χ1) is 10.0. The Hall–Kier alpha value is -1.70. The molecule has 0 fully saturated rings. The number of aromatic nitrogens is 1. The standard InChI is InChI=1S/C13H12ClFN2O3S/c1-20-12(19)10-11(14)17-13(21-10)16-6-9(18)7-2-4-8(15)5-3-7/h2-5,9,18H,6H2,1H3,(H,16,17).